The van der Waals surface area contributed by atoms with Gasteiger partial charge in [0.1, 0.15) is 0 Å². The van der Waals surface area contributed by atoms with Crippen molar-refractivity contribution in [3.05, 3.63) is 5.28 Å². The fraction of sp³-hybridized carbons (Fsp3) is 0.750. The van der Waals surface area contributed by atoms with Gasteiger partial charge in [0.2, 0.25) is 17.2 Å². The molecule has 0 aromatic carbocycles. The molecule has 2 N–H and O–H groups in total. The molecule has 5 nitrogen and oxygen atoms in total. The van der Waals surface area contributed by atoms with Crippen LogP contribution in [0.25, 0.3) is 0 Å². The van der Waals surface area contributed by atoms with Gasteiger partial charge in [-0.05, 0) is 30.4 Å². The third kappa shape index (κ3) is 3.45. The minimum Gasteiger partial charge on any atom is -0.357 e. The normalized spacial score (nSPS) is 23.7. The Labute approximate surface area is 113 Å². The van der Waals surface area contributed by atoms with Crippen LogP contribution in [0.3, 0.4) is 0 Å². The lowest BCUT2D eigenvalue weighted by atomic mass is 9.84. The average molecular weight is 270 g/mol. The number of rotatable bonds is 4. The second-order valence-electron chi connectivity index (χ2n) is 4.78. The van der Waals surface area contributed by atoms with Gasteiger partial charge in [-0.15, -0.1) is 0 Å². The Kier molecular flexibility index (Phi) is 4.58. The molecule has 0 aliphatic heterocycles. The van der Waals surface area contributed by atoms with E-state index in [1.54, 1.807) is 7.05 Å². The van der Waals surface area contributed by atoms with Gasteiger partial charge in [0.15, 0.2) is 0 Å². The van der Waals surface area contributed by atoms with E-state index in [1.807, 2.05) is 0 Å². The third-order valence-corrected chi connectivity index (χ3v) is 3.69. The van der Waals surface area contributed by atoms with Crippen LogP contribution in [-0.2, 0) is 0 Å². The standard InChI is InChI=1S/C12H20ClN5/c1-3-8-5-4-6-9(7-8)15-12-17-10(13)16-11(14-2)18-12/h8-9H,3-7H2,1-2H3,(H2,14,15,16,17,18). The molecule has 1 aromatic heterocycles. The number of hydrogen-bond donors (Lipinski definition) is 2. The second-order valence-corrected chi connectivity index (χ2v) is 5.12. The van der Waals surface area contributed by atoms with E-state index in [1.165, 1.54) is 32.1 Å². The van der Waals surface area contributed by atoms with E-state index in [9.17, 15) is 0 Å². The highest BCUT2D eigenvalue weighted by molar-refractivity contribution is 6.28. The third-order valence-electron chi connectivity index (χ3n) is 3.53. The van der Waals surface area contributed by atoms with E-state index < -0.39 is 0 Å². The maximum atomic E-state index is 5.86. The van der Waals surface area contributed by atoms with Gasteiger partial charge in [-0.25, -0.2) is 0 Å². The summed E-state index contributed by atoms with van der Waals surface area (Å²) in [6, 6.07) is 0.451. The van der Waals surface area contributed by atoms with Crippen LogP contribution < -0.4 is 10.6 Å². The molecule has 1 heterocycles. The Hall–Kier alpha value is -1.10. The van der Waals surface area contributed by atoms with Gasteiger partial charge in [-0.2, -0.15) is 15.0 Å². The van der Waals surface area contributed by atoms with Crippen molar-refractivity contribution in [3.63, 3.8) is 0 Å². The largest absolute Gasteiger partial charge is 0.357 e. The van der Waals surface area contributed by atoms with Gasteiger partial charge in [0.05, 0.1) is 0 Å². The molecule has 1 aliphatic carbocycles. The number of hydrogen-bond acceptors (Lipinski definition) is 5. The van der Waals surface area contributed by atoms with Crippen LogP contribution in [0.1, 0.15) is 39.0 Å². The van der Waals surface area contributed by atoms with Crippen molar-refractivity contribution in [2.24, 2.45) is 5.92 Å². The first kappa shape index (κ1) is 13.3. The first-order valence-corrected chi connectivity index (χ1v) is 6.95. The Morgan fingerprint density at radius 1 is 1.22 bits per heavy atom. The van der Waals surface area contributed by atoms with Gasteiger partial charge in [-0.1, -0.05) is 26.2 Å². The zero-order valence-corrected chi connectivity index (χ0v) is 11.7. The van der Waals surface area contributed by atoms with Gasteiger partial charge < -0.3 is 10.6 Å². The van der Waals surface area contributed by atoms with E-state index in [4.69, 9.17) is 11.6 Å². The summed E-state index contributed by atoms with van der Waals surface area (Å²) in [6.45, 7) is 2.26. The summed E-state index contributed by atoms with van der Waals surface area (Å²) in [5.41, 5.74) is 0. The van der Waals surface area contributed by atoms with Gasteiger partial charge in [0, 0.05) is 13.1 Å². The van der Waals surface area contributed by atoms with Crippen molar-refractivity contribution in [1.82, 2.24) is 15.0 Å². The molecule has 0 radical (unpaired) electrons. The molecule has 2 atom stereocenters. The van der Waals surface area contributed by atoms with E-state index in [2.05, 4.69) is 32.5 Å². The molecule has 1 aliphatic rings. The van der Waals surface area contributed by atoms with E-state index in [0.29, 0.717) is 17.9 Å². The van der Waals surface area contributed by atoms with Crippen molar-refractivity contribution in [2.45, 2.75) is 45.1 Å². The Bertz CT molecular complexity index is 398. The first-order chi connectivity index (χ1) is 8.71. The second kappa shape index (κ2) is 6.18. The van der Waals surface area contributed by atoms with Crippen LogP contribution in [0, 0.1) is 5.92 Å². The predicted octanol–water partition coefficient (Wildman–Crippen LogP) is 2.95. The smallest absolute Gasteiger partial charge is 0.229 e. The van der Waals surface area contributed by atoms with Crippen molar-refractivity contribution in [2.75, 3.05) is 17.7 Å². The van der Waals surface area contributed by atoms with Gasteiger partial charge in [0.25, 0.3) is 0 Å². The molecule has 0 amide bonds. The molecular formula is C12H20ClN5. The monoisotopic (exact) mass is 269 g/mol. The van der Waals surface area contributed by atoms with Crippen molar-refractivity contribution in [1.29, 1.82) is 0 Å². The maximum absolute atomic E-state index is 5.86. The summed E-state index contributed by atoms with van der Waals surface area (Å²) in [6.07, 6.45) is 6.23. The summed E-state index contributed by atoms with van der Waals surface area (Å²) in [5.74, 6) is 1.89. The summed E-state index contributed by atoms with van der Waals surface area (Å²) in [4.78, 5) is 12.4. The SMILES string of the molecule is CCC1CCCC(Nc2nc(Cl)nc(NC)n2)C1. The number of halogens is 1. The lowest BCUT2D eigenvalue weighted by Gasteiger charge is -2.29. The van der Waals surface area contributed by atoms with Crippen LogP contribution in [0.15, 0.2) is 0 Å². The zero-order chi connectivity index (χ0) is 13.0. The molecule has 100 valence electrons. The predicted molar refractivity (Wildman–Crippen MR) is 74.0 cm³/mol. The van der Waals surface area contributed by atoms with E-state index >= 15 is 0 Å². The van der Waals surface area contributed by atoms with Crippen molar-refractivity contribution >= 4 is 23.5 Å². The van der Waals surface area contributed by atoms with Gasteiger partial charge >= 0.3 is 0 Å². The van der Waals surface area contributed by atoms with Gasteiger partial charge in [-0.3, -0.25) is 0 Å². The molecule has 0 bridgehead atoms. The van der Waals surface area contributed by atoms with Crippen LogP contribution in [0.2, 0.25) is 5.28 Å². The number of aromatic nitrogens is 3. The van der Waals surface area contributed by atoms with Crippen molar-refractivity contribution in [3.8, 4) is 0 Å². The molecular weight excluding hydrogens is 250 g/mol. The number of anilines is 2. The van der Waals surface area contributed by atoms with Crippen LogP contribution in [0.5, 0.6) is 0 Å². The summed E-state index contributed by atoms with van der Waals surface area (Å²) < 4.78 is 0. The van der Waals surface area contributed by atoms with Crippen molar-refractivity contribution < 1.29 is 0 Å². The molecule has 1 saturated carbocycles. The fourth-order valence-corrected chi connectivity index (χ4v) is 2.66. The quantitative estimate of drug-likeness (QED) is 0.880. The molecule has 18 heavy (non-hydrogen) atoms. The highest BCUT2D eigenvalue weighted by atomic mass is 35.5. The highest BCUT2D eigenvalue weighted by Crippen LogP contribution is 2.28. The lowest BCUT2D eigenvalue weighted by molar-refractivity contribution is 0.326. The highest BCUT2D eigenvalue weighted by Gasteiger charge is 2.21. The Morgan fingerprint density at radius 3 is 2.72 bits per heavy atom. The summed E-state index contributed by atoms with van der Waals surface area (Å²) in [7, 11) is 1.77. The average Bonchev–Trinajstić information content (AvgIpc) is 2.38. The molecule has 1 fully saturated rings. The minimum atomic E-state index is 0.222. The Morgan fingerprint density at radius 2 is 2.00 bits per heavy atom. The zero-order valence-electron chi connectivity index (χ0n) is 10.9. The van der Waals surface area contributed by atoms with Crippen LogP contribution >= 0.6 is 11.6 Å². The molecule has 2 unspecified atom stereocenters. The first-order valence-electron chi connectivity index (χ1n) is 6.57. The molecule has 1 aromatic rings. The molecule has 0 spiro atoms. The Balaban J connectivity index is 2.02. The fourth-order valence-electron chi connectivity index (χ4n) is 2.50. The summed E-state index contributed by atoms with van der Waals surface area (Å²) in [5, 5.41) is 6.47. The number of nitrogens with zero attached hydrogens (tertiary/aromatic N) is 3. The van der Waals surface area contributed by atoms with E-state index in [0.717, 1.165) is 5.92 Å². The maximum Gasteiger partial charge on any atom is 0.229 e. The molecule has 0 saturated heterocycles. The number of nitrogens with one attached hydrogen (secondary N) is 2. The molecule has 2 rings (SSSR count). The van der Waals surface area contributed by atoms with Crippen LogP contribution in [-0.4, -0.2) is 28.0 Å². The topological polar surface area (TPSA) is 62.7 Å². The lowest BCUT2D eigenvalue weighted by Crippen LogP contribution is -2.28. The molecule has 6 heteroatoms. The summed E-state index contributed by atoms with van der Waals surface area (Å²) >= 11 is 5.86. The van der Waals surface area contributed by atoms with E-state index in [-0.39, 0.29) is 5.28 Å². The minimum absolute atomic E-state index is 0.222. The van der Waals surface area contributed by atoms with Crippen LogP contribution in [0.4, 0.5) is 11.9 Å².